The summed E-state index contributed by atoms with van der Waals surface area (Å²) in [6, 6.07) is 5.90. The van der Waals surface area contributed by atoms with Crippen molar-refractivity contribution in [3.8, 4) is 0 Å². The third-order valence-corrected chi connectivity index (χ3v) is 2.49. The molecule has 1 aliphatic heterocycles. The van der Waals surface area contributed by atoms with E-state index in [0.29, 0.717) is 12.5 Å². The lowest BCUT2D eigenvalue weighted by Crippen LogP contribution is -2.13. The van der Waals surface area contributed by atoms with Crippen LogP contribution in [-0.4, -0.2) is 24.7 Å². The fourth-order valence-corrected chi connectivity index (χ4v) is 1.67. The zero-order chi connectivity index (χ0) is 9.64. The van der Waals surface area contributed by atoms with E-state index in [-0.39, 0.29) is 0 Å². The Labute approximate surface area is 84.5 Å². The highest BCUT2D eigenvalue weighted by molar-refractivity contribution is 5.01. The molecule has 0 spiro atoms. The van der Waals surface area contributed by atoms with Gasteiger partial charge in [0.15, 0.2) is 0 Å². The van der Waals surface area contributed by atoms with Crippen LogP contribution in [0.2, 0.25) is 0 Å². The van der Waals surface area contributed by atoms with E-state index in [1.807, 2.05) is 18.2 Å². The first-order chi connectivity index (χ1) is 6.95. The lowest BCUT2D eigenvalue weighted by atomic mass is 10.1. The van der Waals surface area contributed by atoms with Crippen LogP contribution in [0, 0.1) is 5.92 Å². The molecule has 1 aliphatic rings. The molecule has 0 aliphatic carbocycles. The van der Waals surface area contributed by atoms with Crippen LogP contribution < -0.4 is 5.32 Å². The zero-order valence-corrected chi connectivity index (χ0v) is 8.28. The number of hydrogen-bond donors (Lipinski definition) is 1. The summed E-state index contributed by atoms with van der Waals surface area (Å²) in [6.45, 7) is 3.72. The summed E-state index contributed by atoms with van der Waals surface area (Å²) in [4.78, 5) is 4.20. The average molecular weight is 192 g/mol. The fraction of sp³-hybridized carbons (Fsp3) is 0.545. The van der Waals surface area contributed by atoms with Crippen LogP contribution >= 0.6 is 0 Å². The number of rotatable bonds is 4. The molecule has 2 rings (SSSR count). The average Bonchev–Trinajstić information content (AvgIpc) is 2.72. The van der Waals surface area contributed by atoms with Crippen molar-refractivity contribution in [2.75, 3.05) is 19.7 Å². The normalized spacial score (nSPS) is 21.3. The molecule has 0 aromatic carbocycles. The van der Waals surface area contributed by atoms with E-state index in [1.54, 1.807) is 6.20 Å². The first kappa shape index (κ1) is 9.62. The minimum Gasteiger partial charge on any atom is -0.375 e. The molecule has 1 atom stereocenters. The third-order valence-electron chi connectivity index (χ3n) is 2.49. The van der Waals surface area contributed by atoms with Gasteiger partial charge in [-0.1, -0.05) is 6.07 Å². The number of aromatic nitrogens is 1. The van der Waals surface area contributed by atoms with Crippen LogP contribution in [0.3, 0.4) is 0 Å². The molecule has 1 aromatic rings. The predicted octanol–water partition coefficient (Wildman–Crippen LogP) is 1.21. The van der Waals surface area contributed by atoms with E-state index < -0.39 is 0 Å². The van der Waals surface area contributed by atoms with Gasteiger partial charge in [0.2, 0.25) is 0 Å². The Bertz CT molecular complexity index is 257. The standard InChI is InChI=1S/C11H16N2O/c1-2-5-13-11(3-1)9-14-8-10-4-6-12-7-10/h1-3,5,10,12H,4,6-9H2/t10-/m1/s1. The van der Waals surface area contributed by atoms with Gasteiger partial charge in [-0.3, -0.25) is 4.98 Å². The van der Waals surface area contributed by atoms with E-state index in [4.69, 9.17) is 4.74 Å². The number of nitrogens with zero attached hydrogens (tertiary/aromatic N) is 1. The molecule has 1 fully saturated rings. The first-order valence-corrected chi connectivity index (χ1v) is 5.13. The summed E-state index contributed by atoms with van der Waals surface area (Å²) in [5.74, 6) is 0.693. The second-order valence-corrected chi connectivity index (χ2v) is 3.70. The van der Waals surface area contributed by atoms with Gasteiger partial charge in [-0.25, -0.2) is 0 Å². The van der Waals surface area contributed by atoms with Crippen molar-refractivity contribution in [1.82, 2.24) is 10.3 Å². The summed E-state index contributed by atoms with van der Waals surface area (Å²) >= 11 is 0. The fourth-order valence-electron chi connectivity index (χ4n) is 1.67. The van der Waals surface area contributed by atoms with Gasteiger partial charge in [0.25, 0.3) is 0 Å². The molecule has 0 unspecified atom stereocenters. The molecule has 0 saturated carbocycles. The van der Waals surface area contributed by atoms with Crippen LogP contribution in [0.25, 0.3) is 0 Å². The van der Waals surface area contributed by atoms with Crippen molar-refractivity contribution >= 4 is 0 Å². The van der Waals surface area contributed by atoms with Gasteiger partial charge in [0.05, 0.1) is 18.9 Å². The number of hydrogen-bond acceptors (Lipinski definition) is 3. The van der Waals surface area contributed by atoms with Gasteiger partial charge < -0.3 is 10.1 Å². The van der Waals surface area contributed by atoms with Crippen LogP contribution in [0.15, 0.2) is 24.4 Å². The molecule has 14 heavy (non-hydrogen) atoms. The van der Waals surface area contributed by atoms with E-state index in [1.165, 1.54) is 6.42 Å². The Hall–Kier alpha value is -0.930. The lowest BCUT2D eigenvalue weighted by Gasteiger charge is -2.08. The Morgan fingerprint density at radius 2 is 2.50 bits per heavy atom. The molecule has 0 bridgehead atoms. The summed E-state index contributed by atoms with van der Waals surface area (Å²) in [7, 11) is 0. The Morgan fingerprint density at radius 3 is 3.21 bits per heavy atom. The van der Waals surface area contributed by atoms with Crippen LogP contribution in [0.4, 0.5) is 0 Å². The topological polar surface area (TPSA) is 34.1 Å². The van der Waals surface area contributed by atoms with E-state index >= 15 is 0 Å². The maximum atomic E-state index is 5.60. The summed E-state index contributed by atoms with van der Waals surface area (Å²) in [5, 5.41) is 3.33. The summed E-state index contributed by atoms with van der Waals surface area (Å²) < 4.78 is 5.60. The molecule has 1 N–H and O–H groups in total. The summed E-state index contributed by atoms with van der Waals surface area (Å²) in [6.07, 6.45) is 3.04. The van der Waals surface area contributed by atoms with Crippen molar-refractivity contribution < 1.29 is 4.74 Å². The minimum absolute atomic E-state index is 0.636. The van der Waals surface area contributed by atoms with Gasteiger partial charge in [-0.2, -0.15) is 0 Å². The maximum Gasteiger partial charge on any atom is 0.0887 e. The van der Waals surface area contributed by atoms with Crippen molar-refractivity contribution in [2.24, 2.45) is 5.92 Å². The van der Waals surface area contributed by atoms with Gasteiger partial charge in [0.1, 0.15) is 0 Å². The largest absolute Gasteiger partial charge is 0.375 e. The number of nitrogens with one attached hydrogen (secondary N) is 1. The monoisotopic (exact) mass is 192 g/mol. The third kappa shape index (κ3) is 2.79. The highest BCUT2D eigenvalue weighted by Gasteiger charge is 2.13. The quantitative estimate of drug-likeness (QED) is 0.778. The van der Waals surface area contributed by atoms with E-state index in [2.05, 4.69) is 10.3 Å². The molecule has 76 valence electrons. The number of pyridine rings is 1. The lowest BCUT2D eigenvalue weighted by molar-refractivity contribution is 0.0903. The number of ether oxygens (including phenoxy) is 1. The van der Waals surface area contributed by atoms with Crippen LogP contribution in [0.1, 0.15) is 12.1 Å². The highest BCUT2D eigenvalue weighted by Crippen LogP contribution is 2.08. The van der Waals surface area contributed by atoms with Crippen molar-refractivity contribution in [2.45, 2.75) is 13.0 Å². The molecule has 1 aromatic heterocycles. The molecular formula is C11H16N2O. The van der Waals surface area contributed by atoms with Crippen molar-refractivity contribution in [3.63, 3.8) is 0 Å². The highest BCUT2D eigenvalue weighted by atomic mass is 16.5. The van der Waals surface area contributed by atoms with Gasteiger partial charge in [0, 0.05) is 12.7 Å². The van der Waals surface area contributed by atoms with Crippen molar-refractivity contribution in [3.05, 3.63) is 30.1 Å². The Balaban J connectivity index is 1.67. The SMILES string of the molecule is c1ccc(COC[C@@H]2CCNC2)nc1. The molecular weight excluding hydrogens is 176 g/mol. The second-order valence-electron chi connectivity index (χ2n) is 3.70. The van der Waals surface area contributed by atoms with Gasteiger partial charge in [-0.15, -0.1) is 0 Å². The second kappa shape index (κ2) is 5.08. The molecule has 1 saturated heterocycles. The minimum atomic E-state index is 0.636. The Kier molecular flexibility index (Phi) is 3.49. The van der Waals surface area contributed by atoms with Crippen LogP contribution in [0.5, 0.6) is 0 Å². The molecule has 0 amide bonds. The molecule has 3 heteroatoms. The predicted molar refractivity (Wildman–Crippen MR) is 54.9 cm³/mol. The van der Waals surface area contributed by atoms with E-state index in [0.717, 1.165) is 25.4 Å². The van der Waals surface area contributed by atoms with Gasteiger partial charge >= 0.3 is 0 Å². The van der Waals surface area contributed by atoms with Crippen molar-refractivity contribution in [1.29, 1.82) is 0 Å². The zero-order valence-electron chi connectivity index (χ0n) is 8.28. The summed E-state index contributed by atoms with van der Waals surface area (Å²) in [5.41, 5.74) is 1.01. The maximum absolute atomic E-state index is 5.60. The van der Waals surface area contributed by atoms with E-state index in [9.17, 15) is 0 Å². The van der Waals surface area contributed by atoms with Crippen LogP contribution in [-0.2, 0) is 11.3 Å². The Morgan fingerprint density at radius 1 is 1.50 bits per heavy atom. The first-order valence-electron chi connectivity index (χ1n) is 5.13. The molecule has 2 heterocycles. The van der Waals surface area contributed by atoms with Gasteiger partial charge in [-0.05, 0) is 31.0 Å². The molecule has 0 radical (unpaired) electrons. The smallest absolute Gasteiger partial charge is 0.0887 e. The molecule has 3 nitrogen and oxygen atoms in total.